The molecule has 7 N–H and O–H groups in total. The fourth-order valence-corrected chi connectivity index (χ4v) is 6.82. The second-order valence-corrected chi connectivity index (χ2v) is 10.7. The molecule has 1 unspecified atom stereocenters. The summed E-state index contributed by atoms with van der Waals surface area (Å²) in [4.78, 5) is 55.8. The number of hydrogen-bond donors (Lipinski definition) is 6. The first-order chi connectivity index (χ1) is 17.8. The van der Waals surface area contributed by atoms with Gasteiger partial charge in [0.05, 0.1) is 0 Å². The van der Waals surface area contributed by atoms with Crippen LogP contribution in [0.1, 0.15) is 31.5 Å². The zero-order chi connectivity index (χ0) is 26.3. The molecular formula is C21H24N8O6S2. The number of carbonyl (C=O) groups excluding carboxylic acids is 3. The lowest BCUT2D eigenvalue weighted by Gasteiger charge is -2.49. The van der Waals surface area contributed by atoms with Crippen LogP contribution in [0.4, 0.5) is 5.13 Å². The van der Waals surface area contributed by atoms with Crippen LogP contribution in [0.25, 0.3) is 0 Å². The number of nitrogens with zero attached hydrogens (tertiary/aromatic N) is 4. The number of carboxylic acid groups (broad SMARTS) is 1. The number of carboxylic acids is 1. The average molecular weight is 549 g/mol. The van der Waals surface area contributed by atoms with Crippen LogP contribution in [0.5, 0.6) is 0 Å². The highest BCUT2D eigenvalue weighted by Gasteiger charge is 2.55. The van der Waals surface area contributed by atoms with Gasteiger partial charge in [0.1, 0.15) is 17.1 Å². The highest BCUT2D eigenvalue weighted by molar-refractivity contribution is 8.00. The fourth-order valence-electron chi connectivity index (χ4n) is 5.00. The van der Waals surface area contributed by atoms with E-state index < -0.39 is 34.9 Å². The minimum atomic E-state index is -1.28. The number of rotatable bonds is 7. The van der Waals surface area contributed by atoms with Crippen LogP contribution in [0.15, 0.2) is 27.6 Å². The maximum absolute atomic E-state index is 13.1. The third-order valence-corrected chi connectivity index (χ3v) is 8.52. The summed E-state index contributed by atoms with van der Waals surface area (Å²) in [5, 5.41) is 30.4. The van der Waals surface area contributed by atoms with Gasteiger partial charge in [0.2, 0.25) is 17.4 Å². The number of anilines is 1. The maximum atomic E-state index is 13.1. The van der Waals surface area contributed by atoms with Gasteiger partial charge in [-0.05, 0) is 43.4 Å². The molecule has 3 atom stereocenters. The van der Waals surface area contributed by atoms with Gasteiger partial charge in [-0.25, -0.2) is 4.79 Å². The summed E-state index contributed by atoms with van der Waals surface area (Å²) < 4.78 is 3.84. The van der Waals surface area contributed by atoms with Gasteiger partial charge in [0, 0.05) is 35.4 Å². The Labute approximate surface area is 218 Å². The second-order valence-electron chi connectivity index (χ2n) is 8.86. The average Bonchev–Trinajstić information content (AvgIpc) is 3.64. The molecule has 1 aromatic heterocycles. The molecule has 0 radical (unpaired) electrons. The lowest BCUT2D eigenvalue weighted by atomic mass is 9.90. The number of fused-ring (bicyclic) bond motifs is 1. The molecule has 196 valence electrons. The number of hydrogen-bond acceptors (Lipinski definition) is 12. The third kappa shape index (κ3) is 4.55. The largest absolute Gasteiger partial charge is 0.477 e. The summed E-state index contributed by atoms with van der Waals surface area (Å²) in [6, 6.07) is -0.937. The van der Waals surface area contributed by atoms with E-state index in [1.165, 1.54) is 11.8 Å². The lowest BCUT2D eigenvalue weighted by Crippen LogP contribution is -2.71. The number of carbonyl (C=O) groups is 4. The molecule has 0 spiro atoms. The third-order valence-electron chi connectivity index (χ3n) is 6.70. The molecule has 3 saturated heterocycles. The van der Waals surface area contributed by atoms with Gasteiger partial charge in [-0.2, -0.15) is 9.36 Å². The van der Waals surface area contributed by atoms with Gasteiger partial charge in [-0.3, -0.25) is 19.3 Å². The van der Waals surface area contributed by atoms with Crippen LogP contribution in [0.2, 0.25) is 0 Å². The van der Waals surface area contributed by atoms with Crippen molar-refractivity contribution in [3.8, 4) is 0 Å². The number of aromatic nitrogens is 2. The Kier molecular flexibility index (Phi) is 6.87. The summed E-state index contributed by atoms with van der Waals surface area (Å²) >= 11 is 2.10. The zero-order valence-electron chi connectivity index (χ0n) is 19.4. The molecule has 0 saturated carbocycles. The lowest BCUT2D eigenvalue weighted by molar-refractivity contribution is -0.150. The predicted molar refractivity (Wildman–Crippen MR) is 133 cm³/mol. The summed E-state index contributed by atoms with van der Waals surface area (Å²) in [6.07, 6.45) is 2.88. The van der Waals surface area contributed by atoms with E-state index in [-0.39, 0.29) is 34.4 Å². The molecule has 4 aliphatic rings. The van der Waals surface area contributed by atoms with Gasteiger partial charge in [-0.1, -0.05) is 5.16 Å². The van der Waals surface area contributed by atoms with E-state index in [1.54, 1.807) is 0 Å². The Morgan fingerprint density at radius 1 is 1.30 bits per heavy atom. The Bertz CT molecular complexity index is 1270. The number of thioether (sulfide) groups is 1. The van der Waals surface area contributed by atoms with Gasteiger partial charge >= 0.3 is 5.97 Å². The van der Waals surface area contributed by atoms with Crippen LogP contribution in [0, 0.1) is 0 Å². The summed E-state index contributed by atoms with van der Waals surface area (Å²) in [5.41, 5.74) is 6.50. The number of oxime groups is 1. The topological polar surface area (TPSA) is 212 Å². The molecule has 0 aliphatic carbocycles. The molecule has 0 bridgehead atoms. The van der Waals surface area contributed by atoms with E-state index in [1.807, 2.05) is 0 Å². The molecular weight excluding hydrogens is 524 g/mol. The predicted octanol–water partition coefficient (Wildman–Crippen LogP) is -1.00. The van der Waals surface area contributed by atoms with Gasteiger partial charge in [0.25, 0.3) is 11.8 Å². The zero-order valence-corrected chi connectivity index (χ0v) is 21.0. The molecule has 0 aromatic carbocycles. The van der Waals surface area contributed by atoms with Crippen molar-refractivity contribution in [2.75, 3.05) is 24.6 Å². The van der Waals surface area contributed by atoms with Crippen LogP contribution in [-0.4, -0.2) is 90.3 Å². The van der Waals surface area contributed by atoms with E-state index in [0.29, 0.717) is 36.1 Å². The second kappa shape index (κ2) is 10.1. The van der Waals surface area contributed by atoms with E-state index in [9.17, 15) is 29.5 Å². The Morgan fingerprint density at radius 3 is 2.70 bits per heavy atom. The fraction of sp³-hybridized carbons (Fsp3) is 0.476. The van der Waals surface area contributed by atoms with E-state index in [4.69, 9.17) is 5.73 Å². The van der Waals surface area contributed by atoms with E-state index in [2.05, 4.69) is 30.5 Å². The molecule has 5 rings (SSSR count). The summed E-state index contributed by atoms with van der Waals surface area (Å²) in [5.74, 6) is -2.97. The number of aliphatic carboxylic acids is 1. The Morgan fingerprint density at radius 2 is 2.11 bits per heavy atom. The standard InChI is InChI=1S/C21H24N8O6S2/c22-21-26-15(28-37-21)12(27-35)17(31)25-13-18(32)29-14(20(33)34)11(7-36-19(13)29)10(6-8-2-1-4-23-8)9-3-5-24-16(9)30/h8,13,19,23,35H,1-7H2,(H,24,30)(H,25,31)(H,33,34)(H2,22,26,28)/t8?,13-,19-/m1/s1. The van der Waals surface area contributed by atoms with Crippen molar-refractivity contribution in [2.24, 2.45) is 5.16 Å². The van der Waals surface area contributed by atoms with Crippen molar-refractivity contribution in [3.05, 3.63) is 28.2 Å². The highest BCUT2D eigenvalue weighted by atomic mass is 32.2. The summed E-state index contributed by atoms with van der Waals surface area (Å²) in [6.45, 7) is 1.33. The molecule has 3 amide bonds. The van der Waals surface area contributed by atoms with Gasteiger partial charge in [-0.15, -0.1) is 11.8 Å². The number of β-lactam (4-membered cyclic amide) rings is 1. The van der Waals surface area contributed by atoms with Crippen molar-refractivity contribution in [1.29, 1.82) is 0 Å². The Balaban J connectivity index is 1.42. The van der Waals surface area contributed by atoms with Crippen molar-refractivity contribution in [3.63, 3.8) is 0 Å². The van der Waals surface area contributed by atoms with E-state index >= 15 is 0 Å². The van der Waals surface area contributed by atoms with Crippen molar-refractivity contribution < 1.29 is 29.5 Å². The molecule has 5 heterocycles. The first-order valence-electron chi connectivity index (χ1n) is 11.6. The smallest absolute Gasteiger partial charge is 0.352 e. The van der Waals surface area contributed by atoms with Crippen molar-refractivity contribution in [1.82, 2.24) is 30.2 Å². The highest BCUT2D eigenvalue weighted by Crippen LogP contribution is 2.44. The maximum Gasteiger partial charge on any atom is 0.352 e. The molecule has 3 fully saturated rings. The molecule has 16 heteroatoms. The number of nitrogen functional groups attached to an aromatic ring is 1. The van der Waals surface area contributed by atoms with Crippen LogP contribution < -0.4 is 21.7 Å². The van der Waals surface area contributed by atoms with Crippen molar-refractivity contribution in [2.45, 2.75) is 43.1 Å². The SMILES string of the molecule is Nc1nc(C(=NO)C(=O)N[C@@H]2C(=O)N3C(C(=O)O)=C(C(CC4CCCN4)=C4CCNC4=O)CS[C@H]23)ns1. The van der Waals surface area contributed by atoms with Crippen LogP contribution in [0.3, 0.4) is 0 Å². The summed E-state index contributed by atoms with van der Waals surface area (Å²) in [7, 11) is 0. The van der Waals surface area contributed by atoms with E-state index in [0.717, 1.165) is 35.8 Å². The monoisotopic (exact) mass is 548 g/mol. The number of amides is 3. The minimum absolute atomic E-state index is 0.0649. The minimum Gasteiger partial charge on any atom is -0.477 e. The first kappa shape index (κ1) is 25.2. The molecule has 1 aromatic rings. The quantitative estimate of drug-likeness (QED) is 0.0799. The molecule has 37 heavy (non-hydrogen) atoms. The molecule has 4 aliphatic heterocycles. The first-order valence-corrected chi connectivity index (χ1v) is 13.4. The number of nitrogens with two attached hydrogens (primary N) is 1. The van der Waals surface area contributed by atoms with Gasteiger partial charge < -0.3 is 32.0 Å². The normalized spacial score (nSPS) is 27.1. The van der Waals surface area contributed by atoms with Crippen LogP contribution in [-0.2, 0) is 19.2 Å². The number of nitrogens with one attached hydrogen (secondary N) is 3. The van der Waals surface area contributed by atoms with Crippen molar-refractivity contribution >= 4 is 57.8 Å². The van der Waals surface area contributed by atoms with Gasteiger partial charge in [0.15, 0.2) is 5.13 Å². The molecule has 14 nitrogen and oxygen atoms in total. The van der Waals surface area contributed by atoms with Crippen LogP contribution >= 0.6 is 23.3 Å². The Hall–Kier alpha value is -3.50.